The molecule has 1 rings (SSSR count). The third kappa shape index (κ3) is 3.40. The lowest BCUT2D eigenvalue weighted by molar-refractivity contribution is 0.118. The van der Waals surface area contributed by atoms with E-state index in [1.807, 2.05) is 0 Å². The van der Waals surface area contributed by atoms with Gasteiger partial charge in [-0.1, -0.05) is 25.5 Å². The molecule has 0 atom stereocenters. The van der Waals surface area contributed by atoms with E-state index < -0.39 is 0 Å². The third-order valence-electron chi connectivity index (χ3n) is 2.60. The molecular formula is C11H20O. The number of rotatable bonds is 3. The Kier molecular flexibility index (Phi) is 4.37. The van der Waals surface area contributed by atoms with Gasteiger partial charge in [-0.2, -0.15) is 0 Å². The average Bonchev–Trinajstić information content (AvgIpc) is 2.09. The van der Waals surface area contributed by atoms with E-state index in [0.717, 1.165) is 18.8 Å². The van der Waals surface area contributed by atoms with E-state index in [9.17, 15) is 5.11 Å². The molecule has 0 bridgehead atoms. The lowest BCUT2D eigenvalue weighted by Crippen LogP contribution is -2.16. The number of unbranched alkanes of at least 4 members (excludes halogenated alkanes) is 1. The third-order valence-corrected chi connectivity index (χ3v) is 2.60. The Labute approximate surface area is 75.5 Å². The molecule has 1 aliphatic carbocycles. The summed E-state index contributed by atoms with van der Waals surface area (Å²) in [6.07, 6.45) is 11.4. The van der Waals surface area contributed by atoms with Crippen molar-refractivity contribution in [2.75, 3.05) is 0 Å². The summed E-state index contributed by atoms with van der Waals surface area (Å²) < 4.78 is 0. The average molecular weight is 168 g/mol. The topological polar surface area (TPSA) is 20.2 Å². The molecule has 0 amide bonds. The van der Waals surface area contributed by atoms with Gasteiger partial charge in [0, 0.05) is 0 Å². The molecule has 1 saturated carbocycles. The van der Waals surface area contributed by atoms with Crippen molar-refractivity contribution in [3.8, 4) is 0 Å². The molecule has 0 spiro atoms. The monoisotopic (exact) mass is 168 g/mol. The van der Waals surface area contributed by atoms with Crippen LogP contribution in [0.3, 0.4) is 0 Å². The van der Waals surface area contributed by atoms with Crippen LogP contribution < -0.4 is 0 Å². The van der Waals surface area contributed by atoms with Crippen LogP contribution in [0.1, 0.15) is 45.4 Å². The minimum absolute atomic E-state index is 0.0131. The van der Waals surface area contributed by atoms with Crippen LogP contribution in [0.2, 0.25) is 0 Å². The Hall–Kier alpha value is -0.300. The standard InChI is InChI=1S/C11H20O/c1-2-3-4-5-10-6-8-11(12)9-7-10/h4-5,10-12H,2-3,6-9H2,1H3. The van der Waals surface area contributed by atoms with Crippen LogP contribution >= 0.6 is 0 Å². The van der Waals surface area contributed by atoms with Crippen molar-refractivity contribution in [1.29, 1.82) is 0 Å². The van der Waals surface area contributed by atoms with Gasteiger partial charge in [-0.3, -0.25) is 0 Å². The maximum atomic E-state index is 9.27. The van der Waals surface area contributed by atoms with Gasteiger partial charge in [0.1, 0.15) is 0 Å². The molecule has 0 aromatic heterocycles. The number of hydrogen-bond acceptors (Lipinski definition) is 1. The number of aliphatic hydroxyl groups is 1. The van der Waals surface area contributed by atoms with Crippen LogP contribution in [-0.4, -0.2) is 11.2 Å². The minimum Gasteiger partial charge on any atom is -0.393 e. The lowest BCUT2D eigenvalue weighted by Gasteiger charge is -2.22. The first kappa shape index (κ1) is 9.79. The summed E-state index contributed by atoms with van der Waals surface area (Å²) in [5, 5.41) is 9.27. The SMILES string of the molecule is CCCC=CC1CCC(O)CC1. The van der Waals surface area contributed by atoms with E-state index in [1.165, 1.54) is 25.7 Å². The highest BCUT2D eigenvalue weighted by molar-refractivity contribution is 4.90. The second kappa shape index (κ2) is 5.36. The van der Waals surface area contributed by atoms with Crippen LogP contribution in [0.15, 0.2) is 12.2 Å². The highest BCUT2D eigenvalue weighted by atomic mass is 16.3. The highest BCUT2D eigenvalue weighted by Crippen LogP contribution is 2.25. The first-order valence-corrected chi connectivity index (χ1v) is 5.17. The molecule has 1 N–H and O–H groups in total. The fourth-order valence-corrected chi connectivity index (χ4v) is 1.75. The smallest absolute Gasteiger partial charge is 0.0540 e. The van der Waals surface area contributed by atoms with Crippen molar-refractivity contribution < 1.29 is 5.11 Å². The van der Waals surface area contributed by atoms with E-state index >= 15 is 0 Å². The molecule has 0 saturated heterocycles. The Morgan fingerprint density at radius 1 is 1.25 bits per heavy atom. The zero-order valence-corrected chi connectivity index (χ0v) is 8.00. The quantitative estimate of drug-likeness (QED) is 0.642. The minimum atomic E-state index is -0.0131. The second-order valence-electron chi connectivity index (χ2n) is 3.79. The van der Waals surface area contributed by atoms with Gasteiger partial charge in [0.2, 0.25) is 0 Å². The number of allylic oxidation sites excluding steroid dienone is 2. The Balaban J connectivity index is 2.17. The van der Waals surface area contributed by atoms with Crippen molar-refractivity contribution >= 4 is 0 Å². The van der Waals surface area contributed by atoms with Crippen molar-refractivity contribution in [2.24, 2.45) is 5.92 Å². The maximum Gasteiger partial charge on any atom is 0.0540 e. The predicted octanol–water partition coefficient (Wildman–Crippen LogP) is 2.89. The van der Waals surface area contributed by atoms with Gasteiger partial charge in [-0.15, -0.1) is 0 Å². The molecule has 12 heavy (non-hydrogen) atoms. The summed E-state index contributed by atoms with van der Waals surface area (Å²) in [5.74, 6) is 0.750. The summed E-state index contributed by atoms with van der Waals surface area (Å²) in [6, 6.07) is 0. The number of hydrogen-bond donors (Lipinski definition) is 1. The molecule has 1 heteroatoms. The molecule has 1 nitrogen and oxygen atoms in total. The van der Waals surface area contributed by atoms with Gasteiger partial charge in [0.25, 0.3) is 0 Å². The molecule has 0 radical (unpaired) electrons. The molecule has 0 aromatic rings. The molecule has 70 valence electrons. The summed E-state index contributed by atoms with van der Waals surface area (Å²) in [7, 11) is 0. The molecule has 0 heterocycles. The first-order valence-electron chi connectivity index (χ1n) is 5.17. The van der Waals surface area contributed by atoms with E-state index in [1.54, 1.807) is 0 Å². The van der Waals surface area contributed by atoms with E-state index in [2.05, 4.69) is 19.1 Å². The van der Waals surface area contributed by atoms with Crippen LogP contribution in [-0.2, 0) is 0 Å². The van der Waals surface area contributed by atoms with Gasteiger partial charge in [-0.05, 0) is 38.0 Å². The van der Waals surface area contributed by atoms with E-state index in [4.69, 9.17) is 0 Å². The van der Waals surface area contributed by atoms with Crippen molar-refractivity contribution in [1.82, 2.24) is 0 Å². The van der Waals surface area contributed by atoms with E-state index in [0.29, 0.717) is 0 Å². The van der Waals surface area contributed by atoms with E-state index in [-0.39, 0.29) is 6.10 Å². The molecular weight excluding hydrogens is 148 g/mol. The molecule has 0 aliphatic heterocycles. The fraction of sp³-hybridized carbons (Fsp3) is 0.818. The van der Waals surface area contributed by atoms with Gasteiger partial charge in [0.15, 0.2) is 0 Å². The van der Waals surface area contributed by atoms with Crippen LogP contribution in [0, 0.1) is 5.92 Å². The molecule has 0 aromatic carbocycles. The van der Waals surface area contributed by atoms with Gasteiger partial charge < -0.3 is 5.11 Å². The normalized spacial score (nSPS) is 31.2. The summed E-state index contributed by atoms with van der Waals surface area (Å²) in [4.78, 5) is 0. The van der Waals surface area contributed by atoms with Gasteiger partial charge in [-0.25, -0.2) is 0 Å². The Morgan fingerprint density at radius 3 is 2.50 bits per heavy atom. The first-order chi connectivity index (χ1) is 5.83. The molecule has 1 fully saturated rings. The summed E-state index contributed by atoms with van der Waals surface area (Å²) in [5.41, 5.74) is 0. The van der Waals surface area contributed by atoms with Crippen LogP contribution in [0.4, 0.5) is 0 Å². The number of aliphatic hydroxyl groups excluding tert-OH is 1. The summed E-state index contributed by atoms with van der Waals surface area (Å²) in [6.45, 7) is 2.20. The van der Waals surface area contributed by atoms with Crippen molar-refractivity contribution in [2.45, 2.75) is 51.6 Å². The Bertz CT molecular complexity index is 132. The van der Waals surface area contributed by atoms with Gasteiger partial charge in [0.05, 0.1) is 6.10 Å². The lowest BCUT2D eigenvalue weighted by atomic mass is 9.87. The van der Waals surface area contributed by atoms with Crippen LogP contribution in [0.25, 0.3) is 0 Å². The molecule has 0 unspecified atom stereocenters. The molecule has 1 aliphatic rings. The largest absolute Gasteiger partial charge is 0.393 e. The van der Waals surface area contributed by atoms with Crippen LogP contribution in [0.5, 0.6) is 0 Å². The maximum absolute atomic E-state index is 9.27. The van der Waals surface area contributed by atoms with Crippen molar-refractivity contribution in [3.05, 3.63) is 12.2 Å². The second-order valence-corrected chi connectivity index (χ2v) is 3.79. The highest BCUT2D eigenvalue weighted by Gasteiger charge is 2.16. The zero-order valence-electron chi connectivity index (χ0n) is 8.00. The summed E-state index contributed by atoms with van der Waals surface area (Å²) >= 11 is 0. The van der Waals surface area contributed by atoms with Gasteiger partial charge >= 0.3 is 0 Å². The fourth-order valence-electron chi connectivity index (χ4n) is 1.75. The van der Waals surface area contributed by atoms with Crippen molar-refractivity contribution in [3.63, 3.8) is 0 Å². The Morgan fingerprint density at radius 2 is 1.92 bits per heavy atom. The predicted molar refractivity (Wildman–Crippen MR) is 52.0 cm³/mol. The zero-order chi connectivity index (χ0) is 8.81.